The number of nitrogens with zero attached hydrogens (tertiary/aromatic N) is 3. The molecule has 0 radical (unpaired) electrons. The van der Waals surface area contributed by atoms with Gasteiger partial charge in [0.15, 0.2) is 5.78 Å². The van der Waals surface area contributed by atoms with Crippen LogP contribution in [0.3, 0.4) is 0 Å². The summed E-state index contributed by atoms with van der Waals surface area (Å²) in [6.45, 7) is 2.83. The van der Waals surface area contributed by atoms with E-state index >= 15 is 0 Å². The Balaban J connectivity index is 2.06. The van der Waals surface area contributed by atoms with Crippen LogP contribution in [0.4, 0.5) is 0 Å². The summed E-state index contributed by atoms with van der Waals surface area (Å²) in [5.41, 5.74) is 1.60. The average molecular weight is 322 g/mol. The molecule has 2 aromatic heterocycles. The van der Waals surface area contributed by atoms with Crippen molar-refractivity contribution in [3.63, 3.8) is 0 Å². The van der Waals surface area contributed by atoms with Crippen molar-refractivity contribution < 1.29 is 4.79 Å². The van der Waals surface area contributed by atoms with E-state index in [0.717, 1.165) is 23.1 Å². The van der Waals surface area contributed by atoms with E-state index in [1.165, 1.54) is 0 Å². The van der Waals surface area contributed by atoms with E-state index in [9.17, 15) is 4.79 Å². The van der Waals surface area contributed by atoms with Crippen molar-refractivity contribution in [3.05, 3.63) is 46.5 Å². The van der Waals surface area contributed by atoms with Crippen LogP contribution in [0, 0.1) is 0 Å². The van der Waals surface area contributed by atoms with Gasteiger partial charge < -0.3 is 0 Å². The molecule has 0 aromatic carbocycles. The second-order valence-corrected chi connectivity index (χ2v) is 5.16. The van der Waals surface area contributed by atoms with Crippen LogP contribution < -0.4 is 0 Å². The van der Waals surface area contributed by atoms with Gasteiger partial charge in [-0.05, 0) is 40.9 Å². The van der Waals surface area contributed by atoms with Crippen molar-refractivity contribution >= 4 is 21.7 Å². The molecule has 0 N–H and O–H groups in total. The molecule has 0 aliphatic heterocycles. The molecule has 4 nitrogen and oxygen atoms in total. The smallest absolute Gasteiger partial charge is 0.182 e. The van der Waals surface area contributed by atoms with E-state index in [-0.39, 0.29) is 5.78 Å². The van der Waals surface area contributed by atoms with Crippen LogP contribution in [0.2, 0.25) is 0 Å². The molecule has 0 spiro atoms. The van der Waals surface area contributed by atoms with Crippen LogP contribution in [0.15, 0.2) is 35.1 Å². The lowest BCUT2D eigenvalue weighted by Gasteiger charge is -2.06. The number of hydrogen-bond donors (Lipinski definition) is 0. The van der Waals surface area contributed by atoms with E-state index in [1.54, 1.807) is 17.1 Å². The van der Waals surface area contributed by atoms with E-state index in [0.29, 0.717) is 18.5 Å². The minimum absolute atomic E-state index is 0.100. The van der Waals surface area contributed by atoms with Gasteiger partial charge in [0, 0.05) is 24.9 Å². The molecule has 2 heterocycles. The van der Waals surface area contributed by atoms with Gasteiger partial charge in [0.1, 0.15) is 5.69 Å². The molecule has 0 fully saturated rings. The standard InChI is InChI=1S/C14H16BrN3O/c1-2-9-18-14(12(15)10-17-18)13(19)7-6-11-5-3-4-8-16-11/h3-5,8,10H,2,6-7,9H2,1H3. The number of carbonyl (C=O) groups is 1. The maximum absolute atomic E-state index is 12.3. The highest BCUT2D eigenvalue weighted by atomic mass is 79.9. The molecule has 0 saturated heterocycles. The minimum atomic E-state index is 0.100. The van der Waals surface area contributed by atoms with Crippen molar-refractivity contribution in [3.8, 4) is 0 Å². The Hall–Kier alpha value is -1.49. The highest BCUT2D eigenvalue weighted by Crippen LogP contribution is 2.19. The van der Waals surface area contributed by atoms with E-state index in [2.05, 4.69) is 32.9 Å². The average Bonchev–Trinajstić information content (AvgIpc) is 2.79. The van der Waals surface area contributed by atoms with Crippen molar-refractivity contribution in [2.75, 3.05) is 0 Å². The summed E-state index contributed by atoms with van der Waals surface area (Å²) in [7, 11) is 0. The zero-order chi connectivity index (χ0) is 13.7. The fraction of sp³-hybridized carbons (Fsp3) is 0.357. The molecular formula is C14H16BrN3O. The van der Waals surface area contributed by atoms with Gasteiger partial charge in [-0.1, -0.05) is 13.0 Å². The fourth-order valence-corrected chi connectivity index (χ4v) is 2.44. The van der Waals surface area contributed by atoms with E-state index in [1.807, 2.05) is 18.2 Å². The van der Waals surface area contributed by atoms with Gasteiger partial charge in [-0.15, -0.1) is 0 Å². The van der Waals surface area contributed by atoms with Gasteiger partial charge in [-0.25, -0.2) is 0 Å². The summed E-state index contributed by atoms with van der Waals surface area (Å²) in [6.07, 6.45) is 5.49. The number of rotatable bonds is 6. The van der Waals surface area contributed by atoms with Gasteiger partial charge in [-0.2, -0.15) is 5.10 Å². The summed E-state index contributed by atoms with van der Waals surface area (Å²) in [4.78, 5) is 16.5. The Morgan fingerprint density at radius 2 is 2.26 bits per heavy atom. The molecule has 0 saturated carbocycles. The molecule has 0 unspecified atom stereocenters. The van der Waals surface area contributed by atoms with Crippen LogP contribution >= 0.6 is 15.9 Å². The number of aromatic nitrogens is 3. The van der Waals surface area contributed by atoms with Crippen molar-refractivity contribution in [1.29, 1.82) is 0 Å². The Morgan fingerprint density at radius 1 is 1.42 bits per heavy atom. The molecule has 19 heavy (non-hydrogen) atoms. The largest absolute Gasteiger partial charge is 0.292 e. The summed E-state index contributed by atoms with van der Waals surface area (Å²) in [5, 5.41) is 4.21. The maximum Gasteiger partial charge on any atom is 0.182 e. The Bertz CT molecular complexity index is 551. The molecule has 100 valence electrons. The van der Waals surface area contributed by atoms with Crippen LogP contribution in [0.5, 0.6) is 0 Å². The number of aryl methyl sites for hydroxylation is 2. The van der Waals surface area contributed by atoms with E-state index in [4.69, 9.17) is 0 Å². The van der Waals surface area contributed by atoms with Gasteiger partial charge in [-0.3, -0.25) is 14.5 Å². The number of pyridine rings is 1. The molecular weight excluding hydrogens is 306 g/mol. The third-order valence-corrected chi connectivity index (χ3v) is 3.41. The maximum atomic E-state index is 12.3. The normalized spacial score (nSPS) is 10.6. The third-order valence-electron chi connectivity index (χ3n) is 2.83. The lowest BCUT2D eigenvalue weighted by Crippen LogP contribution is -2.12. The molecule has 2 rings (SSSR count). The number of carbonyl (C=O) groups excluding carboxylic acids is 1. The summed E-state index contributed by atoms with van der Waals surface area (Å²) in [6, 6.07) is 5.74. The second-order valence-electron chi connectivity index (χ2n) is 4.31. The quantitative estimate of drug-likeness (QED) is 0.767. The van der Waals surface area contributed by atoms with Crippen LogP contribution in [0.1, 0.15) is 35.9 Å². The molecule has 2 aromatic rings. The minimum Gasteiger partial charge on any atom is -0.292 e. The SMILES string of the molecule is CCCn1ncc(Br)c1C(=O)CCc1ccccn1. The lowest BCUT2D eigenvalue weighted by molar-refractivity contribution is 0.0971. The van der Waals surface area contributed by atoms with Crippen molar-refractivity contribution in [2.45, 2.75) is 32.7 Å². The number of ketones is 1. The molecule has 0 amide bonds. The highest BCUT2D eigenvalue weighted by molar-refractivity contribution is 9.10. The van der Waals surface area contributed by atoms with Crippen LogP contribution in [-0.2, 0) is 13.0 Å². The Labute approximate surface area is 121 Å². The predicted octanol–water partition coefficient (Wildman–Crippen LogP) is 3.27. The van der Waals surface area contributed by atoms with E-state index < -0.39 is 0 Å². The first kappa shape index (κ1) is 13.9. The molecule has 0 bridgehead atoms. The topological polar surface area (TPSA) is 47.8 Å². The number of halogens is 1. The molecule has 0 atom stereocenters. The fourth-order valence-electron chi connectivity index (χ4n) is 1.93. The van der Waals surface area contributed by atoms with Crippen LogP contribution in [0.25, 0.3) is 0 Å². The summed E-state index contributed by atoms with van der Waals surface area (Å²) in [5.74, 6) is 0.100. The van der Waals surface area contributed by atoms with Gasteiger partial charge in [0.25, 0.3) is 0 Å². The lowest BCUT2D eigenvalue weighted by atomic mass is 10.1. The zero-order valence-corrected chi connectivity index (χ0v) is 12.4. The van der Waals surface area contributed by atoms with Crippen molar-refractivity contribution in [1.82, 2.24) is 14.8 Å². The third kappa shape index (κ3) is 3.50. The zero-order valence-electron chi connectivity index (χ0n) is 10.8. The van der Waals surface area contributed by atoms with Gasteiger partial charge in [0.05, 0.1) is 10.7 Å². The second kappa shape index (κ2) is 6.61. The molecule has 0 aliphatic rings. The summed E-state index contributed by atoms with van der Waals surface area (Å²) < 4.78 is 2.54. The Morgan fingerprint density at radius 3 is 2.95 bits per heavy atom. The van der Waals surface area contributed by atoms with Crippen LogP contribution in [-0.4, -0.2) is 20.5 Å². The van der Waals surface area contributed by atoms with Crippen molar-refractivity contribution in [2.24, 2.45) is 0 Å². The summed E-state index contributed by atoms with van der Waals surface area (Å²) >= 11 is 3.39. The first-order valence-corrected chi connectivity index (χ1v) is 7.16. The highest BCUT2D eigenvalue weighted by Gasteiger charge is 2.16. The molecule has 0 aliphatic carbocycles. The van der Waals surface area contributed by atoms with Gasteiger partial charge >= 0.3 is 0 Å². The monoisotopic (exact) mass is 321 g/mol. The predicted molar refractivity (Wildman–Crippen MR) is 77.1 cm³/mol. The van der Waals surface area contributed by atoms with Gasteiger partial charge in [0.2, 0.25) is 0 Å². The first-order valence-electron chi connectivity index (χ1n) is 6.36. The number of hydrogen-bond acceptors (Lipinski definition) is 3. The first-order chi connectivity index (χ1) is 9.22. The molecule has 5 heteroatoms. The number of Topliss-reactive ketones (excluding diaryl/α,β-unsaturated/α-hetero) is 1. The Kier molecular flexibility index (Phi) is 4.85.